The maximum absolute atomic E-state index is 13.8. The van der Waals surface area contributed by atoms with Gasteiger partial charge in [0.05, 0.1) is 28.5 Å². The number of ether oxygens (including phenoxy) is 1. The third-order valence-electron chi connectivity index (χ3n) is 6.52. The van der Waals surface area contributed by atoms with E-state index >= 15 is 0 Å². The van der Waals surface area contributed by atoms with Crippen LogP contribution in [0, 0.1) is 6.92 Å². The van der Waals surface area contributed by atoms with Gasteiger partial charge in [0, 0.05) is 17.1 Å². The molecule has 0 fully saturated rings. The van der Waals surface area contributed by atoms with Gasteiger partial charge in [0.1, 0.15) is 0 Å². The Morgan fingerprint density at radius 1 is 1.08 bits per heavy atom. The normalized spacial score (nSPS) is 16.3. The number of thiazole rings is 1. The van der Waals surface area contributed by atoms with Crippen molar-refractivity contribution in [1.82, 2.24) is 4.57 Å². The van der Waals surface area contributed by atoms with Gasteiger partial charge >= 0.3 is 5.97 Å². The number of rotatable bonds is 7. The van der Waals surface area contributed by atoms with Crippen molar-refractivity contribution in [1.29, 1.82) is 0 Å². The van der Waals surface area contributed by atoms with Crippen LogP contribution in [0.25, 0.3) is 6.08 Å². The first kappa shape index (κ1) is 27.1. The topological polar surface area (TPSA) is 63.9 Å². The second kappa shape index (κ2) is 11.6. The summed E-state index contributed by atoms with van der Waals surface area (Å²) in [4.78, 5) is 34.1. The van der Waals surface area contributed by atoms with Crippen LogP contribution in [-0.2, 0) is 9.53 Å². The van der Waals surface area contributed by atoms with Gasteiger partial charge in [-0.05, 0) is 71.4 Å². The van der Waals surface area contributed by atoms with Crippen LogP contribution in [0.3, 0.4) is 0 Å². The van der Waals surface area contributed by atoms with Gasteiger partial charge < -0.3 is 9.64 Å². The fourth-order valence-corrected chi connectivity index (χ4v) is 5.52. The Kier molecular flexibility index (Phi) is 8.27. The Morgan fingerprint density at radius 3 is 2.39 bits per heavy atom. The second-order valence-corrected chi connectivity index (χ2v) is 10.2. The van der Waals surface area contributed by atoms with Gasteiger partial charge in [-0.3, -0.25) is 9.36 Å². The molecular weight excluding hydrogens is 494 g/mol. The molecular formula is C31H33N3O3S. The van der Waals surface area contributed by atoms with E-state index in [-0.39, 0.29) is 12.2 Å². The number of anilines is 1. The predicted octanol–water partition coefficient (Wildman–Crippen LogP) is 5.39. The van der Waals surface area contributed by atoms with Gasteiger partial charge in [-0.25, -0.2) is 9.79 Å². The number of aryl methyl sites for hydroxylation is 1. The average molecular weight is 528 g/mol. The van der Waals surface area contributed by atoms with Gasteiger partial charge in [0.2, 0.25) is 0 Å². The van der Waals surface area contributed by atoms with E-state index in [4.69, 9.17) is 4.74 Å². The molecule has 3 aromatic rings. The monoisotopic (exact) mass is 527 g/mol. The van der Waals surface area contributed by atoms with Crippen LogP contribution in [0.1, 0.15) is 51.8 Å². The van der Waals surface area contributed by atoms with Crippen LogP contribution in [0.4, 0.5) is 5.69 Å². The number of nitrogens with zero attached hydrogens (tertiary/aromatic N) is 3. The predicted molar refractivity (Wildman–Crippen MR) is 155 cm³/mol. The zero-order valence-corrected chi connectivity index (χ0v) is 23.5. The van der Waals surface area contributed by atoms with Crippen LogP contribution >= 0.6 is 11.3 Å². The second-order valence-electron chi connectivity index (χ2n) is 9.14. The number of carbonyl (C=O) groups is 1. The maximum Gasteiger partial charge on any atom is 0.338 e. The smallest absolute Gasteiger partial charge is 0.338 e. The van der Waals surface area contributed by atoms with Crippen molar-refractivity contribution >= 4 is 29.1 Å². The van der Waals surface area contributed by atoms with E-state index in [9.17, 15) is 9.59 Å². The van der Waals surface area contributed by atoms with Crippen molar-refractivity contribution in [2.45, 2.75) is 47.6 Å². The fraction of sp³-hybridized carbons (Fsp3) is 0.258. The van der Waals surface area contributed by atoms with Crippen molar-refractivity contribution in [3.05, 3.63) is 120 Å². The summed E-state index contributed by atoms with van der Waals surface area (Å²) >= 11 is 1.32. The Balaban J connectivity index is 1.85. The molecule has 1 aliphatic rings. The van der Waals surface area contributed by atoms with Crippen LogP contribution in [0.2, 0.25) is 0 Å². The highest BCUT2D eigenvalue weighted by molar-refractivity contribution is 7.07. The number of esters is 1. The first-order valence-corrected chi connectivity index (χ1v) is 13.5. The minimum atomic E-state index is -0.604. The van der Waals surface area contributed by atoms with Gasteiger partial charge in [-0.15, -0.1) is 0 Å². The van der Waals surface area contributed by atoms with E-state index in [1.807, 2.05) is 56.3 Å². The van der Waals surface area contributed by atoms with Crippen molar-refractivity contribution < 1.29 is 9.53 Å². The molecule has 1 atom stereocenters. The van der Waals surface area contributed by atoms with Gasteiger partial charge in [-0.1, -0.05) is 65.4 Å². The molecule has 0 amide bonds. The van der Waals surface area contributed by atoms with Crippen molar-refractivity contribution in [2.24, 2.45) is 4.99 Å². The SMILES string of the molecule is C/C=C(/C)N(/C(C)=C/C=c1\sc2n(c1=O)C(c1ccccc1)C(C(=O)OCC)=C(C)N=2)c1ccc(C)cc1. The summed E-state index contributed by atoms with van der Waals surface area (Å²) in [6.07, 6.45) is 5.86. The van der Waals surface area contributed by atoms with Crippen molar-refractivity contribution in [2.75, 3.05) is 11.5 Å². The molecule has 7 heteroatoms. The molecule has 6 nitrogen and oxygen atoms in total. The molecule has 1 unspecified atom stereocenters. The molecule has 2 heterocycles. The molecule has 2 aromatic carbocycles. The molecule has 0 radical (unpaired) electrons. The largest absolute Gasteiger partial charge is 0.463 e. The lowest BCUT2D eigenvalue weighted by atomic mass is 9.96. The van der Waals surface area contributed by atoms with E-state index in [0.717, 1.165) is 22.6 Å². The molecule has 196 valence electrons. The van der Waals surface area contributed by atoms with E-state index in [2.05, 4.69) is 54.1 Å². The number of carbonyl (C=O) groups excluding carboxylic acids is 1. The number of aromatic nitrogens is 1. The van der Waals surface area contributed by atoms with Crippen molar-refractivity contribution in [3.8, 4) is 0 Å². The lowest BCUT2D eigenvalue weighted by Gasteiger charge is -2.26. The Bertz CT molecular complexity index is 1610. The summed E-state index contributed by atoms with van der Waals surface area (Å²) in [6.45, 7) is 12.0. The van der Waals surface area contributed by atoms with Crippen LogP contribution in [0.15, 0.2) is 99.2 Å². The number of allylic oxidation sites excluding steroid dienone is 5. The molecule has 0 bridgehead atoms. The minimum Gasteiger partial charge on any atom is -0.463 e. The molecule has 0 saturated carbocycles. The molecule has 0 N–H and O–H groups in total. The molecule has 0 aliphatic carbocycles. The Labute approximate surface area is 227 Å². The van der Waals surface area contributed by atoms with Gasteiger partial charge in [0.15, 0.2) is 4.80 Å². The first-order valence-electron chi connectivity index (χ1n) is 12.7. The molecule has 0 spiro atoms. The van der Waals surface area contributed by atoms with Crippen LogP contribution < -0.4 is 19.8 Å². The summed E-state index contributed by atoms with van der Waals surface area (Å²) in [7, 11) is 0. The molecule has 4 rings (SSSR count). The molecule has 1 aliphatic heterocycles. The maximum atomic E-state index is 13.8. The highest BCUT2D eigenvalue weighted by atomic mass is 32.1. The summed E-state index contributed by atoms with van der Waals surface area (Å²) in [5, 5.41) is 0. The summed E-state index contributed by atoms with van der Waals surface area (Å²) in [5.41, 5.74) is 5.89. The number of hydrogen-bond donors (Lipinski definition) is 0. The molecule has 38 heavy (non-hydrogen) atoms. The number of hydrogen-bond acceptors (Lipinski definition) is 6. The molecule has 0 saturated heterocycles. The zero-order chi connectivity index (χ0) is 27.4. The summed E-state index contributed by atoms with van der Waals surface area (Å²) in [6, 6.07) is 17.3. The molecule has 1 aromatic heterocycles. The Hall–Kier alpha value is -3.97. The minimum absolute atomic E-state index is 0.189. The van der Waals surface area contributed by atoms with E-state index in [0.29, 0.717) is 20.6 Å². The van der Waals surface area contributed by atoms with E-state index in [1.165, 1.54) is 16.9 Å². The summed E-state index contributed by atoms with van der Waals surface area (Å²) in [5.74, 6) is -0.455. The third kappa shape index (κ3) is 5.34. The lowest BCUT2D eigenvalue weighted by Crippen LogP contribution is -2.39. The first-order chi connectivity index (χ1) is 18.3. The third-order valence-corrected chi connectivity index (χ3v) is 7.52. The van der Waals surface area contributed by atoms with Gasteiger partial charge in [0.25, 0.3) is 5.56 Å². The zero-order valence-electron chi connectivity index (χ0n) is 22.7. The van der Waals surface area contributed by atoms with Gasteiger partial charge in [-0.2, -0.15) is 0 Å². The quantitative estimate of drug-likeness (QED) is 0.387. The number of benzene rings is 2. The van der Waals surface area contributed by atoms with E-state index < -0.39 is 12.0 Å². The van der Waals surface area contributed by atoms with Crippen LogP contribution in [-0.4, -0.2) is 17.1 Å². The van der Waals surface area contributed by atoms with E-state index in [1.54, 1.807) is 18.4 Å². The summed E-state index contributed by atoms with van der Waals surface area (Å²) < 4.78 is 7.52. The van der Waals surface area contributed by atoms with Crippen LogP contribution in [0.5, 0.6) is 0 Å². The van der Waals surface area contributed by atoms with Crippen molar-refractivity contribution in [3.63, 3.8) is 0 Å². The Morgan fingerprint density at radius 2 is 1.76 bits per heavy atom. The fourth-order valence-electron chi connectivity index (χ4n) is 4.54. The standard InChI is InChI=1S/C31H33N3O3S/c1-7-21(4)33(25-17-14-20(3)15-18-25)22(5)16-19-26-29(35)34-28(24-12-10-9-11-13-24)27(30(36)37-8-2)23(6)32-31(34)38-26/h7,9-19,28H,8H2,1-6H3/b21-7-,22-16+,26-19-. The highest BCUT2D eigenvalue weighted by Gasteiger charge is 2.33. The average Bonchev–Trinajstić information content (AvgIpc) is 3.22. The lowest BCUT2D eigenvalue weighted by molar-refractivity contribution is -0.139. The highest BCUT2D eigenvalue weighted by Crippen LogP contribution is 2.30. The number of fused-ring (bicyclic) bond motifs is 1.